The molecule has 0 aliphatic heterocycles. The lowest BCUT2D eigenvalue weighted by Crippen LogP contribution is -2.11. The summed E-state index contributed by atoms with van der Waals surface area (Å²) in [6.45, 7) is 0.608. The molecule has 1 heterocycles. The van der Waals surface area contributed by atoms with E-state index >= 15 is 0 Å². The summed E-state index contributed by atoms with van der Waals surface area (Å²) < 4.78 is 0. The third kappa shape index (κ3) is 1.65. The molecule has 0 spiro atoms. The summed E-state index contributed by atoms with van der Waals surface area (Å²) in [6.07, 6.45) is 2.54. The SMILES string of the molecule is CN(O)Cc1scnc1C1CC1. The lowest BCUT2D eigenvalue weighted by atomic mass is 10.2. The van der Waals surface area contributed by atoms with E-state index < -0.39 is 0 Å². The second kappa shape index (κ2) is 3.12. The van der Waals surface area contributed by atoms with Crippen LogP contribution in [0.15, 0.2) is 5.51 Å². The number of hydrogen-bond acceptors (Lipinski definition) is 4. The summed E-state index contributed by atoms with van der Waals surface area (Å²) >= 11 is 1.63. The molecule has 0 amide bonds. The third-order valence-corrected chi connectivity index (χ3v) is 2.84. The maximum atomic E-state index is 9.06. The van der Waals surface area contributed by atoms with Gasteiger partial charge in [0.1, 0.15) is 0 Å². The quantitative estimate of drug-likeness (QED) is 0.728. The van der Waals surface area contributed by atoms with Gasteiger partial charge in [-0.3, -0.25) is 0 Å². The van der Waals surface area contributed by atoms with Crippen molar-refractivity contribution >= 4 is 11.3 Å². The standard InChI is InChI=1S/C8H12N2OS/c1-10(11)4-7-8(6-2-3-6)9-5-12-7/h5-6,11H,2-4H2,1H3. The zero-order valence-electron chi connectivity index (χ0n) is 7.03. The highest BCUT2D eigenvalue weighted by Crippen LogP contribution is 2.41. The van der Waals surface area contributed by atoms with Crippen LogP contribution in [0.2, 0.25) is 0 Å². The summed E-state index contributed by atoms with van der Waals surface area (Å²) in [5, 5.41) is 10.3. The predicted molar refractivity (Wildman–Crippen MR) is 47.3 cm³/mol. The molecule has 1 aliphatic rings. The molecule has 66 valence electrons. The van der Waals surface area contributed by atoms with Gasteiger partial charge in [-0.05, 0) is 12.8 Å². The van der Waals surface area contributed by atoms with Crippen LogP contribution in [0.3, 0.4) is 0 Å². The molecule has 1 saturated carbocycles. The van der Waals surface area contributed by atoms with E-state index in [-0.39, 0.29) is 0 Å². The number of nitrogens with zero attached hydrogens (tertiary/aromatic N) is 2. The predicted octanol–water partition coefficient (Wildman–Crippen LogP) is 1.84. The van der Waals surface area contributed by atoms with Crippen molar-refractivity contribution < 1.29 is 5.21 Å². The van der Waals surface area contributed by atoms with Crippen LogP contribution in [0.4, 0.5) is 0 Å². The van der Waals surface area contributed by atoms with Crippen molar-refractivity contribution in [1.29, 1.82) is 0 Å². The second-order valence-electron chi connectivity index (χ2n) is 3.25. The van der Waals surface area contributed by atoms with Gasteiger partial charge in [-0.1, -0.05) is 0 Å². The molecule has 3 nitrogen and oxygen atoms in total. The van der Waals surface area contributed by atoms with Crippen LogP contribution >= 0.6 is 11.3 Å². The monoisotopic (exact) mass is 184 g/mol. The molecule has 1 aliphatic carbocycles. The first-order valence-corrected chi connectivity index (χ1v) is 4.97. The van der Waals surface area contributed by atoms with Crippen LogP contribution in [-0.4, -0.2) is 22.3 Å². The average Bonchev–Trinajstić information content (AvgIpc) is 2.73. The Morgan fingerprint density at radius 3 is 3.08 bits per heavy atom. The Bertz CT molecular complexity index is 268. The minimum absolute atomic E-state index is 0.608. The van der Waals surface area contributed by atoms with Gasteiger partial charge < -0.3 is 5.21 Å². The number of hydrogen-bond donors (Lipinski definition) is 1. The molecule has 2 rings (SSSR count). The van der Waals surface area contributed by atoms with Gasteiger partial charge in [-0.15, -0.1) is 11.3 Å². The maximum Gasteiger partial charge on any atom is 0.0798 e. The lowest BCUT2D eigenvalue weighted by Gasteiger charge is -2.06. The van der Waals surface area contributed by atoms with Crippen molar-refractivity contribution in [2.75, 3.05) is 7.05 Å². The number of thiazole rings is 1. The van der Waals surface area contributed by atoms with Crippen molar-refractivity contribution in [3.63, 3.8) is 0 Å². The van der Waals surface area contributed by atoms with Crippen molar-refractivity contribution in [3.05, 3.63) is 16.1 Å². The minimum Gasteiger partial charge on any atom is -0.314 e. The normalized spacial score (nSPS) is 17.2. The van der Waals surface area contributed by atoms with Gasteiger partial charge >= 0.3 is 0 Å². The molecule has 12 heavy (non-hydrogen) atoms. The van der Waals surface area contributed by atoms with Crippen LogP contribution in [0.1, 0.15) is 29.3 Å². The Balaban J connectivity index is 2.13. The Labute approximate surface area is 75.6 Å². The molecule has 1 N–H and O–H groups in total. The first kappa shape index (κ1) is 8.16. The fourth-order valence-electron chi connectivity index (χ4n) is 1.30. The van der Waals surface area contributed by atoms with Crippen molar-refractivity contribution in [2.24, 2.45) is 0 Å². The van der Waals surface area contributed by atoms with E-state index in [2.05, 4.69) is 4.98 Å². The smallest absolute Gasteiger partial charge is 0.0798 e. The molecule has 0 radical (unpaired) electrons. The highest BCUT2D eigenvalue weighted by atomic mass is 32.1. The summed E-state index contributed by atoms with van der Waals surface area (Å²) in [5.74, 6) is 0.686. The fraction of sp³-hybridized carbons (Fsp3) is 0.625. The molecule has 0 unspecified atom stereocenters. The molecule has 4 heteroatoms. The van der Waals surface area contributed by atoms with Gasteiger partial charge in [0, 0.05) is 17.8 Å². The van der Waals surface area contributed by atoms with E-state index in [9.17, 15) is 0 Å². The highest BCUT2D eigenvalue weighted by molar-refractivity contribution is 7.09. The Hall–Kier alpha value is -0.450. The van der Waals surface area contributed by atoms with Gasteiger partial charge in [0.15, 0.2) is 0 Å². The van der Waals surface area contributed by atoms with Gasteiger partial charge in [0.25, 0.3) is 0 Å². The molecule has 0 bridgehead atoms. The van der Waals surface area contributed by atoms with Gasteiger partial charge in [0.2, 0.25) is 0 Å². The third-order valence-electron chi connectivity index (χ3n) is 2.01. The van der Waals surface area contributed by atoms with Crippen molar-refractivity contribution in [1.82, 2.24) is 10.0 Å². The Morgan fingerprint density at radius 2 is 2.50 bits per heavy atom. The first-order chi connectivity index (χ1) is 5.77. The van der Waals surface area contributed by atoms with E-state index in [4.69, 9.17) is 5.21 Å². The Morgan fingerprint density at radius 1 is 1.75 bits per heavy atom. The molecule has 0 atom stereocenters. The van der Waals surface area contributed by atoms with Gasteiger partial charge in [-0.2, -0.15) is 5.06 Å². The van der Waals surface area contributed by atoms with Crippen LogP contribution in [0.5, 0.6) is 0 Å². The van der Waals surface area contributed by atoms with Crippen molar-refractivity contribution in [2.45, 2.75) is 25.3 Å². The summed E-state index contributed by atoms with van der Waals surface area (Å²) in [4.78, 5) is 5.52. The van der Waals surface area contributed by atoms with Crippen LogP contribution in [0.25, 0.3) is 0 Å². The number of aromatic nitrogens is 1. The largest absolute Gasteiger partial charge is 0.314 e. The molecule has 1 aromatic heterocycles. The van der Waals surface area contributed by atoms with Crippen LogP contribution in [0, 0.1) is 0 Å². The summed E-state index contributed by atoms with van der Waals surface area (Å²) in [5.41, 5.74) is 3.08. The number of hydroxylamine groups is 2. The fourth-order valence-corrected chi connectivity index (χ4v) is 2.19. The molecule has 0 saturated heterocycles. The lowest BCUT2D eigenvalue weighted by molar-refractivity contribution is -0.0725. The second-order valence-corrected chi connectivity index (χ2v) is 4.19. The zero-order valence-corrected chi connectivity index (χ0v) is 7.84. The topological polar surface area (TPSA) is 36.4 Å². The first-order valence-electron chi connectivity index (χ1n) is 4.09. The van der Waals surface area contributed by atoms with Crippen LogP contribution < -0.4 is 0 Å². The van der Waals surface area contributed by atoms with E-state index in [1.165, 1.54) is 28.5 Å². The highest BCUT2D eigenvalue weighted by Gasteiger charge is 2.28. The maximum absolute atomic E-state index is 9.06. The van der Waals surface area contributed by atoms with Gasteiger partial charge in [0.05, 0.1) is 17.7 Å². The van der Waals surface area contributed by atoms with Crippen molar-refractivity contribution in [3.8, 4) is 0 Å². The average molecular weight is 184 g/mol. The molecule has 1 fully saturated rings. The molecular weight excluding hydrogens is 172 g/mol. The summed E-state index contributed by atoms with van der Waals surface area (Å²) in [6, 6.07) is 0. The molecule has 1 aromatic rings. The van der Waals surface area contributed by atoms with E-state index in [1.807, 2.05) is 5.51 Å². The van der Waals surface area contributed by atoms with E-state index in [0.717, 1.165) is 0 Å². The minimum atomic E-state index is 0.608. The van der Waals surface area contributed by atoms with Gasteiger partial charge in [-0.25, -0.2) is 4.98 Å². The van der Waals surface area contributed by atoms with Crippen LogP contribution in [-0.2, 0) is 6.54 Å². The summed E-state index contributed by atoms with van der Waals surface area (Å²) in [7, 11) is 1.66. The van der Waals surface area contributed by atoms with E-state index in [1.54, 1.807) is 18.4 Å². The van der Waals surface area contributed by atoms with E-state index in [0.29, 0.717) is 12.5 Å². The molecular formula is C8H12N2OS. The molecule has 0 aromatic carbocycles. The zero-order chi connectivity index (χ0) is 8.55. The Kier molecular flexibility index (Phi) is 2.12. The number of rotatable bonds is 3.